The van der Waals surface area contributed by atoms with E-state index in [4.69, 9.17) is 30.9 Å². The van der Waals surface area contributed by atoms with Gasteiger partial charge in [0.2, 0.25) is 0 Å². The van der Waals surface area contributed by atoms with E-state index in [1.165, 1.54) is 25.2 Å². The molecular weight excluding hydrogens is 784 g/mol. The molecule has 0 bridgehead atoms. The summed E-state index contributed by atoms with van der Waals surface area (Å²) in [6, 6.07) is 5.76. The van der Waals surface area contributed by atoms with Crippen LogP contribution in [0.4, 0.5) is 45.7 Å². The van der Waals surface area contributed by atoms with E-state index in [1.54, 1.807) is 5.10 Å². The van der Waals surface area contributed by atoms with Crippen LogP contribution in [0.25, 0.3) is 5.57 Å². The van der Waals surface area contributed by atoms with Crippen molar-refractivity contribution in [3.63, 3.8) is 0 Å². The Morgan fingerprint density at radius 3 is 2.33 bits per heavy atom. The van der Waals surface area contributed by atoms with Crippen LogP contribution in [0.1, 0.15) is 59.3 Å². The maximum absolute atomic E-state index is 14.1. The first-order valence-corrected chi connectivity index (χ1v) is 16.3. The Morgan fingerprint density at radius 2 is 1.75 bits per heavy atom. The van der Waals surface area contributed by atoms with Crippen LogP contribution < -0.4 is 5.01 Å². The van der Waals surface area contributed by atoms with Crippen LogP contribution in [0, 0.1) is 11.3 Å². The van der Waals surface area contributed by atoms with Crippen molar-refractivity contribution in [2.45, 2.75) is 68.1 Å². The number of carboxylic acids is 1. The number of amides is 1. The predicted octanol–water partition coefficient (Wildman–Crippen LogP) is 6.16. The zero-order chi connectivity index (χ0) is 40.7. The number of hydrazine groups is 1. The Balaban J connectivity index is 1.36. The van der Waals surface area contributed by atoms with Crippen LogP contribution >= 0.6 is 11.6 Å². The molecule has 1 aromatic carbocycles. The van der Waals surface area contributed by atoms with Gasteiger partial charge in [0.1, 0.15) is 23.3 Å². The molecule has 1 aliphatic heterocycles. The smallest absolute Gasteiger partial charge is 0.478 e. The van der Waals surface area contributed by atoms with E-state index >= 15 is 0 Å². The average Bonchev–Trinajstić information content (AvgIpc) is 3.36. The molecule has 2 heterocycles. The van der Waals surface area contributed by atoms with Gasteiger partial charge in [-0.15, -0.1) is 0 Å². The van der Waals surface area contributed by atoms with Gasteiger partial charge in [0.15, 0.2) is 18.2 Å². The SMILES string of the molecule is CN1CC(c2ccc(Cl)c(C(=O)N(COC(=O)O[C@H]3CCC[C@@H]3OC(=O)/C=C/C(=O)O)C3(C#N)CC3)c2)=CN1c1[nH]nc(C(F)(F)C(F)(F)F)c1C(F)(F)F. The number of aromatic nitrogens is 2. The number of halogens is 9. The highest BCUT2D eigenvalue weighted by atomic mass is 35.5. The summed E-state index contributed by atoms with van der Waals surface area (Å²) >= 11 is 6.35. The third-order valence-corrected chi connectivity index (χ3v) is 9.13. The normalized spacial score (nSPS) is 19.9. The van der Waals surface area contributed by atoms with E-state index in [9.17, 15) is 59.6 Å². The van der Waals surface area contributed by atoms with Gasteiger partial charge in [-0.2, -0.15) is 45.5 Å². The minimum absolute atomic E-state index is 0.137. The van der Waals surface area contributed by atoms with Gasteiger partial charge in [-0.25, -0.2) is 19.4 Å². The molecule has 0 spiro atoms. The molecule has 55 heavy (non-hydrogen) atoms. The fourth-order valence-electron chi connectivity index (χ4n) is 5.88. The largest absolute Gasteiger partial charge is 0.510 e. The molecule has 0 unspecified atom stereocenters. The third-order valence-electron chi connectivity index (χ3n) is 8.80. The molecule has 23 heteroatoms. The molecule has 14 nitrogen and oxygen atoms in total. The van der Waals surface area contributed by atoms with Crippen molar-refractivity contribution < 1.29 is 73.6 Å². The van der Waals surface area contributed by atoms with Crippen molar-refractivity contribution in [1.29, 1.82) is 5.26 Å². The first-order valence-electron chi connectivity index (χ1n) is 15.9. The van der Waals surface area contributed by atoms with Gasteiger partial charge in [0, 0.05) is 31.9 Å². The number of esters is 1. The van der Waals surface area contributed by atoms with Crippen molar-refractivity contribution in [2.24, 2.45) is 0 Å². The van der Waals surface area contributed by atoms with Crippen LogP contribution in [0.5, 0.6) is 0 Å². The van der Waals surface area contributed by atoms with E-state index < -0.39 is 83.8 Å². The second kappa shape index (κ2) is 15.0. The van der Waals surface area contributed by atoms with E-state index in [0.29, 0.717) is 23.6 Å². The summed E-state index contributed by atoms with van der Waals surface area (Å²) in [5.41, 5.74) is -6.36. The van der Waals surface area contributed by atoms with Gasteiger partial charge in [0.05, 0.1) is 16.7 Å². The Kier molecular flexibility index (Phi) is 11.1. The van der Waals surface area contributed by atoms with Crippen molar-refractivity contribution >= 4 is 47.0 Å². The fraction of sp³-hybridized carbons (Fsp3) is 0.438. The molecule has 296 valence electrons. The lowest BCUT2D eigenvalue weighted by Crippen LogP contribution is -2.44. The minimum Gasteiger partial charge on any atom is -0.478 e. The Morgan fingerprint density at radius 1 is 1.09 bits per heavy atom. The maximum atomic E-state index is 14.1. The lowest BCUT2D eigenvalue weighted by molar-refractivity contribution is -0.292. The average molecular weight is 811 g/mol. The van der Waals surface area contributed by atoms with Crippen LogP contribution in [0.2, 0.25) is 5.02 Å². The number of alkyl halides is 8. The van der Waals surface area contributed by atoms with Gasteiger partial charge < -0.3 is 19.3 Å². The molecule has 1 aromatic heterocycles. The number of hydrogen-bond acceptors (Lipinski definition) is 11. The number of benzene rings is 1. The van der Waals surface area contributed by atoms with E-state index in [-0.39, 0.29) is 54.0 Å². The second-order valence-electron chi connectivity index (χ2n) is 12.5. The van der Waals surface area contributed by atoms with Crippen molar-refractivity contribution in [3.05, 3.63) is 64.0 Å². The standard InChI is InChI=1S/C32H27ClF8N6O8/c1-45-12-17(13-47(45)26-24(31(36,37)38)25(43-44-26)30(34,35)32(39,40)41)16-5-6-19(33)18(11-16)27(51)46(29(14-42)9-10-29)15-53-28(52)55-21-4-2-3-20(21)54-23(50)8-7-22(48)49/h5-8,11,13,20-21H,2-4,9-10,12,15H2,1H3,(H,43,44)(H,48,49)/b8-7+/t20-,21-/m0/s1. The number of likely N-dealkylation sites (N-methyl/N-ethyl adjacent to an activating group) is 1. The Bertz CT molecular complexity index is 1970. The summed E-state index contributed by atoms with van der Waals surface area (Å²) in [6.45, 7) is -1.08. The van der Waals surface area contributed by atoms with E-state index in [0.717, 1.165) is 16.1 Å². The van der Waals surface area contributed by atoms with Gasteiger partial charge in [-0.3, -0.25) is 19.8 Å². The number of carbonyl (C=O) groups excluding carboxylic acids is 3. The molecule has 2 atom stereocenters. The summed E-state index contributed by atoms with van der Waals surface area (Å²) in [5, 5.41) is 24.4. The van der Waals surface area contributed by atoms with Crippen LogP contribution in [-0.4, -0.2) is 93.5 Å². The zero-order valence-corrected chi connectivity index (χ0v) is 28.8. The van der Waals surface area contributed by atoms with Gasteiger partial charge in [-0.05, 0) is 55.4 Å². The predicted molar refractivity (Wildman–Crippen MR) is 169 cm³/mol. The third kappa shape index (κ3) is 8.46. The summed E-state index contributed by atoms with van der Waals surface area (Å²) in [7, 11) is 1.20. The fourth-order valence-corrected chi connectivity index (χ4v) is 6.07. The minimum atomic E-state index is -6.40. The van der Waals surface area contributed by atoms with Gasteiger partial charge in [-0.1, -0.05) is 17.7 Å². The Labute approximate surface area is 309 Å². The van der Waals surface area contributed by atoms with Gasteiger partial charge >= 0.3 is 36.4 Å². The molecule has 3 aliphatic rings. The monoisotopic (exact) mass is 810 g/mol. The number of anilines is 1. The molecule has 2 aliphatic carbocycles. The molecule has 5 rings (SSSR count). The van der Waals surface area contributed by atoms with Crippen molar-refractivity contribution in [1.82, 2.24) is 20.1 Å². The highest BCUT2D eigenvalue weighted by molar-refractivity contribution is 6.34. The summed E-state index contributed by atoms with van der Waals surface area (Å²) in [6.07, 6.45) is -11.7. The molecule has 0 saturated heterocycles. The molecule has 1 amide bonds. The quantitative estimate of drug-likeness (QED) is 0.115. The molecule has 0 radical (unpaired) electrons. The molecule has 2 saturated carbocycles. The lowest BCUT2D eigenvalue weighted by Gasteiger charge is -2.27. The number of hydrogen-bond donors (Lipinski definition) is 2. The number of rotatable bonds is 11. The van der Waals surface area contributed by atoms with Crippen molar-refractivity contribution in [3.8, 4) is 6.07 Å². The topological polar surface area (TPSA) is 178 Å². The molecule has 2 fully saturated rings. The summed E-state index contributed by atoms with van der Waals surface area (Å²) in [5.74, 6) is -10.5. The number of ether oxygens (including phenoxy) is 3. The van der Waals surface area contributed by atoms with Gasteiger partial charge in [0.25, 0.3) is 5.91 Å². The molecular formula is C32H27ClF8N6O8. The number of H-pyrrole nitrogens is 1. The van der Waals surface area contributed by atoms with Crippen LogP contribution in [0.3, 0.4) is 0 Å². The molecule has 2 aromatic rings. The summed E-state index contributed by atoms with van der Waals surface area (Å²) in [4.78, 5) is 50.1. The highest BCUT2D eigenvalue weighted by Crippen LogP contribution is 2.50. The first-order chi connectivity index (χ1) is 25.6. The van der Waals surface area contributed by atoms with E-state index in [1.807, 2.05) is 6.07 Å². The van der Waals surface area contributed by atoms with Crippen LogP contribution in [-0.2, 0) is 35.9 Å². The number of nitriles is 1. The van der Waals surface area contributed by atoms with E-state index in [2.05, 4.69) is 5.10 Å². The summed E-state index contributed by atoms with van der Waals surface area (Å²) < 4.78 is 125. The highest BCUT2D eigenvalue weighted by Gasteiger charge is 2.64. The number of carbonyl (C=O) groups is 4. The van der Waals surface area contributed by atoms with Crippen LogP contribution in [0.15, 0.2) is 36.6 Å². The number of aliphatic carboxylic acids is 1. The maximum Gasteiger partial charge on any atom is 0.510 e. The molecule has 2 N–H and O–H groups in total. The first kappa shape index (κ1) is 40.7. The lowest BCUT2D eigenvalue weighted by atomic mass is 10.0. The Hall–Kier alpha value is -5.43. The van der Waals surface area contributed by atoms with Crippen molar-refractivity contribution in [2.75, 3.05) is 25.3 Å². The second-order valence-corrected chi connectivity index (χ2v) is 12.9. The number of nitrogens with zero attached hydrogens (tertiary/aromatic N) is 5. The number of aromatic amines is 1. The number of nitrogens with one attached hydrogen (secondary N) is 1. The number of carboxylic acid groups (broad SMARTS) is 1. The zero-order valence-electron chi connectivity index (χ0n) is 28.0.